The van der Waals surface area contributed by atoms with E-state index in [1.165, 1.54) is 39.1 Å². The highest BCUT2D eigenvalue weighted by Crippen LogP contribution is 2.36. The van der Waals surface area contributed by atoms with Crippen molar-refractivity contribution in [3.8, 4) is 11.4 Å². The number of fused-ring (bicyclic) bond motifs is 2. The van der Waals surface area contributed by atoms with Gasteiger partial charge in [0.2, 0.25) is 0 Å². The Morgan fingerprint density at radius 3 is 1.41 bits per heavy atom. The van der Waals surface area contributed by atoms with E-state index in [9.17, 15) is 0 Å². The van der Waals surface area contributed by atoms with E-state index >= 15 is 0 Å². The number of aromatic nitrogens is 2. The highest BCUT2D eigenvalue weighted by atomic mass is 15.0. The molecule has 3 aromatic carbocycles. The largest absolute Gasteiger partial charge is 0.316 e. The van der Waals surface area contributed by atoms with Gasteiger partial charge in [-0.25, -0.2) is 0 Å². The zero-order valence-corrected chi connectivity index (χ0v) is 21.0. The van der Waals surface area contributed by atoms with Gasteiger partial charge in [-0.1, -0.05) is 77.9 Å². The van der Waals surface area contributed by atoms with Gasteiger partial charge in [0.1, 0.15) is 0 Å². The molecule has 34 heavy (non-hydrogen) atoms. The minimum absolute atomic E-state index is 0.0328. The van der Waals surface area contributed by atoms with Crippen LogP contribution in [0.2, 0.25) is 0 Å². The maximum Gasteiger partial charge on any atom is 0.0531 e. The molecule has 0 radical (unpaired) electrons. The van der Waals surface area contributed by atoms with Crippen molar-refractivity contribution in [3.63, 3.8) is 0 Å². The van der Waals surface area contributed by atoms with E-state index in [-0.39, 0.29) is 10.8 Å². The molecule has 0 unspecified atom stereocenters. The average molecular weight is 448 g/mol. The van der Waals surface area contributed by atoms with Crippen LogP contribution in [0.3, 0.4) is 0 Å². The van der Waals surface area contributed by atoms with Crippen LogP contribution in [0.25, 0.3) is 33.2 Å². The fourth-order valence-electron chi connectivity index (χ4n) is 4.96. The molecule has 0 aliphatic rings. The zero-order valence-electron chi connectivity index (χ0n) is 21.0. The van der Waals surface area contributed by atoms with Gasteiger partial charge < -0.3 is 14.5 Å². The molecule has 0 fully saturated rings. The maximum atomic E-state index is 8.05. The molecule has 172 valence electrons. The normalized spacial score (nSPS) is 12.5. The van der Waals surface area contributed by atoms with E-state index in [0.717, 1.165) is 16.9 Å². The topological polar surface area (TPSA) is 33.7 Å². The average Bonchev–Trinajstić information content (AvgIpc) is 3.38. The van der Waals surface area contributed by atoms with Crippen LogP contribution in [0.5, 0.6) is 0 Å². The lowest BCUT2D eigenvalue weighted by Crippen LogP contribution is -2.10. The first kappa shape index (κ1) is 22.2. The summed E-state index contributed by atoms with van der Waals surface area (Å²) in [4.78, 5) is 0. The number of hydrogen-bond acceptors (Lipinski definition) is 1. The van der Waals surface area contributed by atoms with Crippen LogP contribution in [0, 0.1) is 5.41 Å². The van der Waals surface area contributed by atoms with Gasteiger partial charge in [-0.2, -0.15) is 0 Å². The molecular formula is C31H33N3. The third kappa shape index (κ3) is 3.66. The van der Waals surface area contributed by atoms with Crippen molar-refractivity contribution in [2.24, 2.45) is 0 Å². The second kappa shape index (κ2) is 7.73. The van der Waals surface area contributed by atoms with Crippen LogP contribution < -0.4 is 0 Å². The zero-order chi connectivity index (χ0) is 24.3. The van der Waals surface area contributed by atoms with Crippen LogP contribution in [0.15, 0.2) is 79.1 Å². The van der Waals surface area contributed by atoms with E-state index in [2.05, 4.69) is 130 Å². The third-order valence-corrected chi connectivity index (χ3v) is 6.69. The summed E-state index contributed by atoms with van der Waals surface area (Å²) in [5, 5.41) is 10.6. The van der Waals surface area contributed by atoms with Crippen molar-refractivity contribution in [1.29, 1.82) is 5.41 Å². The standard InChI is InChI=1S/C31H33N3/c1-30(2,3)26-19-33(28-13-9-7-11-24(26)28)22-15-21(18-32)16-23(17-22)34-20-27(31(4,5)6)25-12-8-10-14-29(25)34/h7-20,32H,1-6H3. The Hall–Kier alpha value is -3.59. The van der Waals surface area contributed by atoms with Crippen LogP contribution in [-0.2, 0) is 10.8 Å². The first-order valence-corrected chi connectivity index (χ1v) is 12.0. The van der Waals surface area contributed by atoms with Crippen LogP contribution in [0.4, 0.5) is 0 Å². The Labute approximate surface area is 202 Å². The van der Waals surface area contributed by atoms with Gasteiger partial charge in [0.15, 0.2) is 0 Å². The summed E-state index contributed by atoms with van der Waals surface area (Å²) < 4.78 is 4.56. The molecule has 0 atom stereocenters. The first-order valence-electron chi connectivity index (χ1n) is 12.0. The summed E-state index contributed by atoms with van der Waals surface area (Å²) in [6.45, 7) is 13.6. The molecular weight excluding hydrogens is 414 g/mol. The van der Waals surface area contributed by atoms with Crippen LogP contribution in [-0.4, -0.2) is 15.3 Å². The second-order valence-electron chi connectivity index (χ2n) is 11.3. The number of para-hydroxylation sites is 2. The highest BCUT2D eigenvalue weighted by molar-refractivity contribution is 5.89. The fraction of sp³-hybridized carbons (Fsp3) is 0.258. The summed E-state index contributed by atoms with van der Waals surface area (Å²) in [6.07, 6.45) is 5.98. The predicted molar refractivity (Wildman–Crippen MR) is 145 cm³/mol. The van der Waals surface area contributed by atoms with E-state index in [0.29, 0.717) is 0 Å². The Bertz CT molecular complexity index is 1420. The molecule has 0 aliphatic heterocycles. The molecule has 5 rings (SSSR count). The number of benzene rings is 3. The van der Waals surface area contributed by atoms with Crippen molar-refractivity contribution < 1.29 is 0 Å². The van der Waals surface area contributed by atoms with Crippen molar-refractivity contribution in [2.75, 3.05) is 0 Å². The minimum atomic E-state index is 0.0328. The molecule has 0 aliphatic carbocycles. The lowest BCUT2D eigenvalue weighted by atomic mass is 9.87. The quantitative estimate of drug-likeness (QED) is 0.271. The van der Waals surface area contributed by atoms with Gasteiger partial charge in [-0.3, -0.25) is 0 Å². The van der Waals surface area contributed by atoms with Gasteiger partial charge in [-0.05, 0) is 57.9 Å². The summed E-state index contributed by atoms with van der Waals surface area (Å²) >= 11 is 0. The van der Waals surface area contributed by atoms with E-state index in [1.807, 2.05) is 0 Å². The van der Waals surface area contributed by atoms with Gasteiger partial charge in [-0.15, -0.1) is 0 Å². The monoisotopic (exact) mass is 447 g/mol. The fourth-order valence-corrected chi connectivity index (χ4v) is 4.96. The third-order valence-electron chi connectivity index (χ3n) is 6.69. The molecule has 5 aromatic rings. The highest BCUT2D eigenvalue weighted by Gasteiger charge is 2.23. The maximum absolute atomic E-state index is 8.05. The summed E-state index contributed by atoms with van der Waals surface area (Å²) in [7, 11) is 0. The molecule has 3 heteroatoms. The van der Waals surface area contributed by atoms with Gasteiger partial charge in [0, 0.05) is 40.8 Å². The summed E-state index contributed by atoms with van der Waals surface area (Å²) in [6, 6.07) is 23.7. The summed E-state index contributed by atoms with van der Waals surface area (Å²) in [5.74, 6) is 0. The Balaban J connectivity index is 1.79. The molecule has 0 spiro atoms. The van der Waals surface area contributed by atoms with Crippen molar-refractivity contribution in [2.45, 2.75) is 52.4 Å². The molecule has 0 bridgehead atoms. The molecule has 1 N–H and O–H groups in total. The molecule has 0 saturated carbocycles. The molecule has 2 aromatic heterocycles. The number of hydrogen-bond donors (Lipinski definition) is 1. The molecule has 0 amide bonds. The number of nitrogens with one attached hydrogen (secondary N) is 1. The Kier molecular flexibility index (Phi) is 5.05. The van der Waals surface area contributed by atoms with Gasteiger partial charge in [0.05, 0.1) is 11.0 Å². The smallest absolute Gasteiger partial charge is 0.0531 e. The first-order chi connectivity index (χ1) is 16.1. The summed E-state index contributed by atoms with van der Waals surface area (Å²) in [5.41, 5.74) is 8.11. The van der Waals surface area contributed by atoms with Gasteiger partial charge >= 0.3 is 0 Å². The lowest BCUT2D eigenvalue weighted by molar-refractivity contribution is 0.594. The van der Waals surface area contributed by atoms with Crippen molar-refractivity contribution in [3.05, 3.63) is 95.8 Å². The predicted octanol–water partition coefficient (Wildman–Crippen LogP) is 8.17. The van der Waals surface area contributed by atoms with E-state index in [1.54, 1.807) is 0 Å². The molecule has 0 saturated heterocycles. The SMILES string of the molecule is CC(C)(C)c1cn(-c2cc(C=N)cc(-n3cc(C(C)(C)C)c4ccccc43)c2)c2ccccc12. The van der Waals surface area contributed by atoms with Crippen molar-refractivity contribution in [1.82, 2.24) is 9.13 Å². The van der Waals surface area contributed by atoms with Gasteiger partial charge in [0.25, 0.3) is 0 Å². The van der Waals surface area contributed by atoms with E-state index in [4.69, 9.17) is 5.41 Å². The molecule has 3 nitrogen and oxygen atoms in total. The minimum Gasteiger partial charge on any atom is -0.316 e. The number of nitrogens with zero attached hydrogens (tertiary/aromatic N) is 2. The van der Waals surface area contributed by atoms with Crippen LogP contribution in [0.1, 0.15) is 58.2 Å². The van der Waals surface area contributed by atoms with Crippen molar-refractivity contribution >= 4 is 28.0 Å². The van der Waals surface area contributed by atoms with E-state index < -0.39 is 0 Å². The lowest BCUT2D eigenvalue weighted by Gasteiger charge is -2.17. The van der Waals surface area contributed by atoms with Crippen LogP contribution >= 0.6 is 0 Å². The Morgan fingerprint density at radius 2 is 1.03 bits per heavy atom. The molecule has 2 heterocycles. The second-order valence-corrected chi connectivity index (χ2v) is 11.3. The Morgan fingerprint density at radius 1 is 0.618 bits per heavy atom. The number of rotatable bonds is 3.